The van der Waals surface area contributed by atoms with Crippen LogP contribution in [0.15, 0.2) is 48.5 Å². The molecule has 27 heavy (non-hydrogen) atoms. The molecule has 0 aromatic heterocycles. The van der Waals surface area contributed by atoms with Crippen LogP contribution in [0.5, 0.6) is 5.75 Å². The number of aromatic hydroxyl groups is 1. The Morgan fingerprint density at radius 1 is 1.15 bits per heavy atom. The van der Waals surface area contributed by atoms with Gasteiger partial charge in [0.1, 0.15) is 11.6 Å². The van der Waals surface area contributed by atoms with Crippen LogP contribution in [0.25, 0.3) is 0 Å². The van der Waals surface area contributed by atoms with Gasteiger partial charge in [-0.15, -0.1) is 0 Å². The van der Waals surface area contributed by atoms with E-state index in [9.17, 15) is 14.3 Å². The van der Waals surface area contributed by atoms with Crippen molar-refractivity contribution in [2.45, 2.75) is 39.3 Å². The van der Waals surface area contributed by atoms with E-state index in [0.29, 0.717) is 12.3 Å². The molecule has 0 bridgehead atoms. The average molecular weight is 370 g/mol. The molecule has 1 N–H and O–H groups in total. The Labute approximate surface area is 160 Å². The van der Waals surface area contributed by atoms with Gasteiger partial charge in [0.2, 0.25) is 5.91 Å². The Bertz CT molecular complexity index is 768. The highest BCUT2D eigenvalue weighted by Crippen LogP contribution is 2.27. The summed E-state index contributed by atoms with van der Waals surface area (Å²) in [5.74, 6) is -0.0224. The predicted octanol–water partition coefficient (Wildman–Crippen LogP) is 4.18. The largest absolute Gasteiger partial charge is 0.508 e. The van der Waals surface area contributed by atoms with E-state index in [1.807, 2.05) is 36.9 Å². The molecule has 0 aliphatic carbocycles. The third-order valence-corrected chi connectivity index (χ3v) is 5.14. The van der Waals surface area contributed by atoms with Gasteiger partial charge in [-0.05, 0) is 43.2 Å². The number of para-hydroxylation sites is 1. The molecular formula is C22H27FN2O2. The van der Waals surface area contributed by atoms with Crippen LogP contribution < -0.4 is 4.90 Å². The maximum atomic E-state index is 13.3. The summed E-state index contributed by atoms with van der Waals surface area (Å²) in [6.07, 6.45) is 1.70. The molecule has 4 nitrogen and oxygen atoms in total. The second-order valence-corrected chi connectivity index (χ2v) is 7.48. The van der Waals surface area contributed by atoms with Crippen molar-refractivity contribution in [3.63, 3.8) is 0 Å². The lowest BCUT2D eigenvalue weighted by Gasteiger charge is -2.39. The predicted molar refractivity (Wildman–Crippen MR) is 105 cm³/mol. The van der Waals surface area contributed by atoms with E-state index in [4.69, 9.17) is 0 Å². The van der Waals surface area contributed by atoms with Gasteiger partial charge >= 0.3 is 0 Å². The Morgan fingerprint density at radius 3 is 2.37 bits per heavy atom. The molecule has 1 saturated heterocycles. The van der Waals surface area contributed by atoms with Gasteiger partial charge in [0, 0.05) is 42.8 Å². The number of hydrogen-bond acceptors (Lipinski definition) is 3. The molecule has 1 aliphatic rings. The maximum Gasteiger partial charge on any atom is 0.229 e. The second kappa shape index (κ2) is 8.53. The van der Waals surface area contributed by atoms with E-state index in [1.54, 1.807) is 18.2 Å². The number of amides is 1. The van der Waals surface area contributed by atoms with Gasteiger partial charge in [0.15, 0.2) is 0 Å². The summed E-state index contributed by atoms with van der Waals surface area (Å²) >= 11 is 0. The average Bonchev–Trinajstić information content (AvgIpc) is 2.66. The number of carbonyl (C=O) groups excluding carboxylic acids is 1. The first-order valence-corrected chi connectivity index (χ1v) is 9.53. The van der Waals surface area contributed by atoms with Crippen molar-refractivity contribution in [2.24, 2.45) is 5.92 Å². The van der Waals surface area contributed by atoms with Crippen molar-refractivity contribution in [1.29, 1.82) is 0 Å². The molecular weight excluding hydrogens is 343 g/mol. The van der Waals surface area contributed by atoms with E-state index in [0.717, 1.165) is 37.2 Å². The van der Waals surface area contributed by atoms with Gasteiger partial charge in [-0.3, -0.25) is 9.69 Å². The van der Waals surface area contributed by atoms with Crippen LogP contribution in [0.3, 0.4) is 0 Å². The molecule has 1 heterocycles. The zero-order valence-corrected chi connectivity index (χ0v) is 15.9. The number of piperidine rings is 1. The fourth-order valence-electron chi connectivity index (χ4n) is 3.62. The van der Waals surface area contributed by atoms with Gasteiger partial charge in [-0.1, -0.05) is 32.0 Å². The number of hydrogen-bond donors (Lipinski definition) is 1. The number of benzene rings is 2. The first kappa shape index (κ1) is 19.4. The van der Waals surface area contributed by atoms with Gasteiger partial charge < -0.3 is 10.0 Å². The minimum absolute atomic E-state index is 0.0701. The van der Waals surface area contributed by atoms with Crippen LogP contribution in [-0.4, -0.2) is 35.0 Å². The summed E-state index contributed by atoms with van der Waals surface area (Å²) in [5.41, 5.74) is 1.68. The number of nitrogens with zero attached hydrogens (tertiary/aromatic N) is 2. The van der Waals surface area contributed by atoms with Gasteiger partial charge in [-0.2, -0.15) is 0 Å². The lowest BCUT2D eigenvalue weighted by Crippen LogP contribution is -2.48. The highest BCUT2D eigenvalue weighted by Gasteiger charge is 2.30. The molecule has 5 heteroatoms. The molecule has 0 atom stereocenters. The van der Waals surface area contributed by atoms with Crippen molar-refractivity contribution in [2.75, 3.05) is 18.0 Å². The molecule has 0 spiro atoms. The second-order valence-electron chi connectivity index (χ2n) is 7.48. The number of halogens is 1. The summed E-state index contributed by atoms with van der Waals surface area (Å²) in [5, 5.41) is 9.98. The molecule has 3 rings (SSSR count). The summed E-state index contributed by atoms with van der Waals surface area (Å²) in [6.45, 7) is 6.19. The Balaban J connectivity index is 1.70. The van der Waals surface area contributed by atoms with Gasteiger partial charge in [0.25, 0.3) is 0 Å². The Morgan fingerprint density at radius 2 is 1.78 bits per heavy atom. The van der Waals surface area contributed by atoms with Crippen LogP contribution in [0.1, 0.15) is 32.3 Å². The smallest absolute Gasteiger partial charge is 0.229 e. The van der Waals surface area contributed by atoms with Gasteiger partial charge in [0.05, 0.1) is 0 Å². The monoisotopic (exact) mass is 370 g/mol. The lowest BCUT2D eigenvalue weighted by atomic mass is 9.99. The standard InChI is InChI=1S/C22H27FN2O2/c1-16(2)22(27)25(19-9-7-18(23)8-10-19)20-11-13-24(14-12-20)15-17-5-3-4-6-21(17)26/h3-10,16,20,26H,11-15H2,1-2H3. The molecule has 0 unspecified atom stereocenters. The first-order chi connectivity index (χ1) is 13.0. The van der Waals surface area contributed by atoms with E-state index in [1.165, 1.54) is 12.1 Å². The number of phenols is 1. The fourth-order valence-corrected chi connectivity index (χ4v) is 3.62. The van der Waals surface area contributed by atoms with Crippen LogP contribution >= 0.6 is 0 Å². The minimum atomic E-state index is -0.298. The van der Waals surface area contributed by atoms with Crippen molar-refractivity contribution in [3.8, 4) is 5.75 Å². The summed E-state index contributed by atoms with van der Waals surface area (Å²) < 4.78 is 13.3. The van der Waals surface area contributed by atoms with Crippen LogP contribution in [0, 0.1) is 11.7 Å². The minimum Gasteiger partial charge on any atom is -0.508 e. The third kappa shape index (κ3) is 4.66. The van der Waals surface area contributed by atoms with Crippen molar-refractivity contribution in [1.82, 2.24) is 4.90 Å². The molecule has 0 saturated carbocycles. The molecule has 1 amide bonds. The van der Waals surface area contributed by atoms with E-state index in [-0.39, 0.29) is 23.7 Å². The number of likely N-dealkylation sites (tertiary alicyclic amines) is 1. The summed E-state index contributed by atoms with van der Waals surface area (Å²) in [7, 11) is 0. The lowest BCUT2D eigenvalue weighted by molar-refractivity contribution is -0.122. The molecule has 1 fully saturated rings. The molecule has 2 aromatic rings. The normalized spacial score (nSPS) is 15.9. The quantitative estimate of drug-likeness (QED) is 0.858. The highest BCUT2D eigenvalue weighted by atomic mass is 19.1. The first-order valence-electron chi connectivity index (χ1n) is 9.53. The third-order valence-electron chi connectivity index (χ3n) is 5.14. The Kier molecular flexibility index (Phi) is 6.11. The van der Waals surface area contributed by atoms with Crippen molar-refractivity contribution >= 4 is 11.6 Å². The summed E-state index contributed by atoms with van der Waals surface area (Å²) in [6, 6.07) is 13.7. The van der Waals surface area contributed by atoms with Crippen LogP contribution in [0.4, 0.5) is 10.1 Å². The Hall–Kier alpha value is -2.40. The van der Waals surface area contributed by atoms with Crippen molar-refractivity contribution < 1.29 is 14.3 Å². The van der Waals surface area contributed by atoms with E-state index in [2.05, 4.69) is 4.90 Å². The molecule has 0 radical (unpaired) electrons. The zero-order chi connectivity index (χ0) is 19.4. The van der Waals surface area contributed by atoms with Gasteiger partial charge in [-0.25, -0.2) is 4.39 Å². The number of rotatable bonds is 5. The highest BCUT2D eigenvalue weighted by molar-refractivity contribution is 5.95. The zero-order valence-electron chi connectivity index (χ0n) is 15.9. The van der Waals surface area contributed by atoms with Crippen molar-refractivity contribution in [3.05, 3.63) is 59.9 Å². The number of phenolic OH excluding ortho intramolecular Hbond substituents is 1. The van der Waals surface area contributed by atoms with Crippen LogP contribution in [-0.2, 0) is 11.3 Å². The topological polar surface area (TPSA) is 43.8 Å². The maximum absolute atomic E-state index is 13.3. The summed E-state index contributed by atoms with van der Waals surface area (Å²) in [4.78, 5) is 17.0. The number of carbonyl (C=O) groups is 1. The molecule has 144 valence electrons. The van der Waals surface area contributed by atoms with Crippen LogP contribution in [0.2, 0.25) is 0 Å². The molecule has 2 aromatic carbocycles. The number of anilines is 1. The fraction of sp³-hybridized carbons (Fsp3) is 0.409. The molecule has 1 aliphatic heterocycles. The van der Waals surface area contributed by atoms with E-state index < -0.39 is 0 Å². The SMILES string of the molecule is CC(C)C(=O)N(c1ccc(F)cc1)C1CCN(Cc2ccccc2O)CC1. The van der Waals surface area contributed by atoms with E-state index >= 15 is 0 Å².